The lowest BCUT2D eigenvalue weighted by Gasteiger charge is -2.35. The first-order valence-electron chi connectivity index (χ1n) is 6.01. The Hall–Kier alpha value is -0.160. The predicted molar refractivity (Wildman–Crippen MR) is 60.8 cm³/mol. The van der Waals surface area contributed by atoms with Crippen molar-refractivity contribution in [2.45, 2.75) is 38.3 Å². The summed E-state index contributed by atoms with van der Waals surface area (Å²) >= 11 is 0. The summed E-state index contributed by atoms with van der Waals surface area (Å²) < 4.78 is 0. The number of hydrogen-bond acceptors (Lipinski definition) is 4. The minimum Gasteiger partial charge on any atom is -0.394 e. The quantitative estimate of drug-likeness (QED) is 0.576. The number of aliphatic hydroxyl groups is 2. The van der Waals surface area contributed by atoms with E-state index >= 15 is 0 Å². The van der Waals surface area contributed by atoms with Gasteiger partial charge >= 0.3 is 0 Å². The van der Waals surface area contributed by atoms with Gasteiger partial charge in [-0.25, -0.2) is 0 Å². The van der Waals surface area contributed by atoms with Crippen molar-refractivity contribution in [3.8, 4) is 0 Å². The summed E-state index contributed by atoms with van der Waals surface area (Å²) in [5.74, 6) is 0. The molecule has 15 heavy (non-hydrogen) atoms. The molecule has 3 N–H and O–H groups in total. The molecule has 0 aromatic heterocycles. The Balaban J connectivity index is 2.39. The number of nitrogens with one attached hydrogen (secondary N) is 1. The van der Waals surface area contributed by atoms with Gasteiger partial charge in [0.05, 0.1) is 12.7 Å². The van der Waals surface area contributed by atoms with Crippen molar-refractivity contribution in [1.82, 2.24) is 10.2 Å². The summed E-state index contributed by atoms with van der Waals surface area (Å²) in [5, 5.41) is 21.7. The highest BCUT2D eigenvalue weighted by atomic mass is 16.3. The number of aliphatic hydroxyl groups excluding tert-OH is 2. The van der Waals surface area contributed by atoms with Gasteiger partial charge < -0.3 is 15.5 Å². The minimum atomic E-state index is -0.591. The number of nitrogens with zero attached hydrogens (tertiary/aromatic N) is 1. The van der Waals surface area contributed by atoms with Crippen LogP contribution < -0.4 is 5.32 Å². The molecule has 1 rings (SSSR count). The van der Waals surface area contributed by atoms with Crippen molar-refractivity contribution in [2.75, 3.05) is 32.8 Å². The maximum absolute atomic E-state index is 9.48. The van der Waals surface area contributed by atoms with Gasteiger partial charge in [0.2, 0.25) is 0 Å². The van der Waals surface area contributed by atoms with Crippen molar-refractivity contribution >= 4 is 0 Å². The molecular formula is C11H24N2O2. The van der Waals surface area contributed by atoms with Gasteiger partial charge in [-0.15, -0.1) is 0 Å². The first-order valence-corrected chi connectivity index (χ1v) is 6.01. The van der Waals surface area contributed by atoms with E-state index in [9.17, 15) is 5.11 Å². The Labute approximate surface area is 92.3 Å². The van der Waals surface area contributed by atoms with Crippen molar-refractivity contribution < 1.29 is 10.2 Å². The molecule has 1 atom stereocenters. The molecule has 0 amide bonds. The molecule has 0 aliphatic carbocycles. The largest absolute Gasteiger partial charge is 0.394 e. The van der Waals surface area contributed by atoms with Gasteiger partial charge in [0.15, 0.2) is 0 Å². The van der Waals surface area contributed by atoms with Crippen LogP contribution in [0.1, 0.15) is 26.2 Å². The van der Waals surface area contributed by atoms with Gasteiger partial charge in [-0.05, 0) is 38.9 Å². The zero-order valence-corrected chi connectivity index (χ0v) is 9.65. The maximum Gasteiger partial charge on any atom is 0.0897 e. The third kappa shape index (κ3) is 4.47. The van der Waals surface area contributed by atoms with E-state index in [1.54, 1.807) is 0 Å². The number of hydrogen-bond donors (Lipinski definition) is 3. The van der Waals surface area contributed by atoms with E-state index in [1.807, 2.05) is 0 Å². The molecule has 90 valence electrons. The summed E-state index contributed by atoms with van der Waals surface area (Å²) in [5.41, 5.74) is 0. The molecule has 1 aliphatic rings. The van der Waals surface area contributed by atoms with Crippen LogP contribution in [0, 0.1) is 0 Å². The summed E-state index contributed by atoms with van der Waals surface area (Å²) in [6, 6.07) is 0.576. The van der Waals surface area contributed by atoms with E-state index in [2.05, 4.69) is 17.1 Å². The van der Waals surface area contributed by atoms with Crippen LogP contribution in [-0.2, 0) is 0 Å². The van der Waals surface area contributed by atoms with E-state index in [0.29, 0.717) is 12.6 Å². The van der Waals surface area contributed by atoms with Crippen LogP contribution in [0.15, 0.2) is 0 Å². The lowest BCUT2D eigenvalue weighted by Crippen LogP contribution is -2.46. The molecule has 1 saturated heterocycles. The van der Waals surface area contributed by atoms with Crippen molar-refractivity contribution in [3.63, 3.8) is 0 Å². The zero-order chi connectivity index (χ0) is 11.1. The molecule has 0 spiro atoms. The second-order valence-corrected chi connectivity index (χ2v) is 4.31. The van der Waals surface area contributed by atoms with Gasteiger partial charge in [-0.3, -0.25) is 4.90 Å². The van der Waals surface area contributed by atoms with E-state index in [0.717, 1.165) is 38.9 Å². The molecule has 0 radical (unpaired) electrons. The van der Waals surface area contributed by atoms with Crippen LogP contribution in [0.2, 0.25) is 0 Å². The van der Waals surface area contributed by atoms with Gasteiger partial charge in [0.1, 0.15) is 0 Å². The van der Waals surface area contributed by atoms with Crippen molar-refractivity contribution in [1.29, 1.82) is 0 Å². The molecule has 4 heteroatoms. The Kier molecular flexibility index (Phi) is 6.17. The average molecular weight is 216 g/mol. The third-order valence-corrected chi connectivity index (χ3v) is 2.99. The molecular weight excluding hydrogens is 192 g/mol. The summed E-state index contributed by atoms with van der Waals surface area (Å²) in [7, 11) is 0. The topological polar surface area (TPSA) is 55.7 Å². The molecule has 0 bridgehead atoms. The Bertz CT molecular complexity index is 161. The molecule has 1 aliphatic heterocycles. The van der Waals surface area contributed by atoms with Gasteiger partial charge in [-0.2, -0.15) is 0 Å². The lowest BCUT2D eigenvalue weighted by atomic mass is 10.0. The van der Waals surface area contributed by atoms with Crippen LogP contribution in [0.25, 0.3) is 0 Å². The standard InChI is InChI=1S/C11H24N2O2/c1-2-7-13(8-11(15)9-14)10-3-5-12-6-4-10/h10-12,14-15H,2-9H2,1H3. The number of rotatable bonds is 6. The molecule has 1 fully saturated rings. The lowest BCUT2D eigenvalue weighted by molar-refractivity contribution is 0.0384. The minimum absolute atomic E-state index is 0.134. The highest BCUT2D eigenvalue weighted by molar-refractivity contribution is 4.79. The fraction of sp³-hybridized carbons (Fsp3) is 1.00. The number of piperidine rings is 1. The molecule has 0 saturated carbocycles. The first kappa shape index (κ1) is 12.9. The summed E-state index contributed by atoms with van der Waals surface area (Å²) in [6.07, 6.45) is 2.81. The Morgan fingerprint density at radius 1 is 1.40 bits per heavy atom. The SMILES string of the molecule is CCCN(CC(O)CO)C1CCNCC1. The van der Waals surface area contributed by atoms with E-state index in [1.165, 1.54) is 0 Å². The van der Waals surface area contributed by atoms with Crippen LogP contribution in [0.3, 0.4) is 0 Å². The second-order valence-electron chi connectivity index (χ2n) is 4.31. The molecule has 1 unspecified atom stereocenters. The van der Waals surface area contributed by atoms with E-state index in [-0.39, 0.29) is 6.61 Å². The summed E-state index contributed by atoms with van der Waals surface area (Å²) in [6.45, 7) is 5.78. The van der Waals surface area contributed by atoms with Crippen LogP contribution >= 0.6 is 0 Å². The highest BCUT2D eigenvalue weighted by Gasteiger charge is 2.21. The summed E-state index contributed by atoms with van der Waals surface area (Å²) in [4.78, 5) is 2.32. The highest BCUT2D eigenvalue weighted by Crippen LogP contribution is 2.12. The normalized spacial score (nSPS) is 20.8. The smallest absolute Gasteiger partial charge is 0.0897 e. The zero-order valence-electron chi connectivity index (χ0n) is 9.65. The predicted octanol–water partition coefficient (Wildman–Crippen LogP) is -0.196. The Morgan fingerprint density at radius 2 is 2.07 bits per heavy atom. The first-order chi connectivity index (χ1) is 7.27. The van der Waals surface area contributed by atoms with Crippen molar-refractivity contribution in [2.24, 2.45) is 0 Å². The Morgan fingerprint density at radius 3 is 2.60 bits per heavy atom. The fourth-order valence-electron chi connectivity index (χ4n) is 2.21. The average Bonchev–Trinajstić information content (AvgIpc) is 2.29. The van der Waals surface area contributed by atoms with Crippen LogP contribution in [0.4, 0.5) is 0 Å². The van der Waals surface area contributed by atoms with Gasteiger partial charge in [0.25, 0.3) is 0 Å². The van der Waals surface area contributed by atoms with Gasteiger partial charge in [-0.1, -0.05) is 6.92 Å². The molecule has 0 aromatic carbocycles. The van der Waals surface area contributed by atoms with Crippen LogP contribution in [-0.4, -0.2) is 60.0 Å². The monoisotopic (exact) mass is 216 g/mol. The van der Waals surface area contributed by atoms with Crippen LogP contribution in [0.5, 0.6) is 0 Å². The molecule has 1 heterocycles. The molecule has 0 aromatic rings. The second kappa shape index (κ2) is 7.17. The van der Waals surface area contributed by atoms with E-state index in [4.69, 9.17) is 5.11 Å². The maximum atomic E-state index is 9.48. The fourth-order valence-corrected chi connectivity index (χ4v) is 2.21. The van der Waals surface area contributed by atoms with Crippen molar-refractivity contribution in [3.05, 3.63) is 0 Å². The molecule has 4 nitrogen and oxygen atoms in total. The third-order valence-electron chi connectivity index (χ3n) is 2.99. The van der Waals surface area contributed by atoms with Gasteiger partial charge in [0, 0.05) is 12.6 Å². The van der Waals surface area contributed by atoms with E-state index < -0.39 is 6.10 Å².